The molecule has 2 rings (SSSR count). The summed E-state index contributed by atoms with van der Waals surface area (Å²) in [5.41, 5.74) is 0.345. The van der Waals surface area contributed by atoms with E-state index in [4.69, 9.17) is 4.74 Å². The smallest absolute Gasteiger partial charge is 0.357 e. The zero-order chi connectivity index (χ0) is 11.8. The molecule has 2 heterocycles. The van der Waals surface area contributed by atoms with Crippen LogP contribution in [-0.2, 0) is 4.74 Å². The average molecular weight is 219 g/mol. The molecule has 2 aromatic heterocycles. The summed E-state index contributed by atoms with van der Waals surface area (Å²) in [7, 11) is 0. The third-order valence-corrected chi connectivity index (χ3v) is 1.93. The van der Waals surface area contributed by atoms with E-state index < -0.39 is 11.6 Å². The van der Waals surface area contributed by atoms with Crippen LogP contribution in [0.2, 0.25) is 0 Å². The first-order valence-electron chi connectivity index (χ1n) is 5.00. The summed E-state index contributed by atoms with van der Waals surface area (Å²) in [5, 5.41) is 7.26. The zero-order valence-corrected chi connectivity index (χ0v) is 9.44. The predicted molar refractivity (Wildman–Crippen MR) is 59.1 cm³/mol. The van der Waals surface area contributed by atoms with Crippen molar-refractivity contribution >= 4 is 17.0 Å². The maximum Gasteiger partial charge on any atom is 0.357 e. The summed E-state index contributed by atoms with van der Waals surface area (Å²) in [4.78, 5) is 15.8. The highest BCUT2D eigenvalue weighted by molar-refractivity contribution is 6.00. The van der Waals surface area contributed by atoms with Crippen molar-refractivity contribution in [2.75, 3.05) is 0 Å². The van der Waals surface area contributed by atoms with Gasteiger partial charge in [-0.15, -0.1) is 0 Å². The fraction of sp³-hybridized carbons (Fsp3) is 0.364. The lowest BCUT2D eigenvalue weighted by atomic mass is 10.2. The molecule has 0 fully saturated rings. The van der Waals surface area contributed by atoms with Crippen molar-refractivity contribution in [1.82, 2.24) is 15.2 Å². The van der Waals surface area contributed by atoms with Gasteiger partial charge in [-0.2, -0.15) is 5.10 Å². The highest BCUT2D eigenvalue weighted by Crippen LogP contribution is 2.17. The van der Waals surface area contributed by atoms with E-state index in [9.17, 15) is 4.79 Å². The fourth-order valence-corrected chi connectivity index (χ4v) is 1.34. The Labute approximate surface area is 92.8 Å². The summed E-state index contributed by atoms with van der Waals surface area (Å²) >= 11 is 0. The lowest BCUT2D eigenvalue weighted by Crippen LogP contribution is -2.24. The van der Waals surface area contributed by atoms with Gasteiger partial charge < -0.3 is 4.74 Å². The molecule has 0 aromatic carbocycles. The monoisotopic (exact) mass is 219 g/mol. The van der Waals surface area contributed by atoms with Gasteiger partial charge in [0.05, 0.1) is 5.39 Å². The number of esters is 1. The number of fused-ring (bicyclic) bond motifs is 1. The predicted octanol–water partition coefficient (Wildman–Crippen LogP) is 1.91. The summed E-state index contributed by atoms with van der Waals surface area (Å²) in [5.74, 6) is -0.414. The van der Waals surface area contributed by atoms with Crippen molar-refractivity contribution in [3.05, 3.63) is 24.0 Å². The van der Waals surface area contributed by atoms with Gasteiger partial charge in [-0.3, -0.25) is 5.10 Å². The van der Waals surface area contributed by atoms with Crippen molar-refractivity contribution in [1.29, 1.82) is 0 Å². The lowest BCUT2D eigenvalue weighted by Gasteiger charge is -2.18. The van der Waals surface area contributed by atoms with E-state index in [2.05, 4.69) is 15.2 Å². The number of hydrogen-bond acceptors (Lipinski definition) is 4. The third-order valence-electron chi connectivity index (χ3n) is 1.93. The topological polar surface area (TPSA) is 67.9 Å². The summed E-state index contributed by atoms with van der Waals surface area (Å²) in [6.07, 6.45) is 1.63. The van der Waals surface area contributed by atoms with Crippen molar-refractivity contribution in [3.63, 3.8) is 0 Å². The Morgan fingerprint density at radius 1 is 1.44 bits per heavy atom. The molecule has 1 N–H and O–H groups in total. The number of carbonyl (C=O) groups excluding carboxylic acids is 1. The molecule has 0 spiro atoms. The molecule has 5 nitrogen and oxygen atoms in total. The van der Waals surface area contributed by atoms with E-state index in [1.165, 1.54) is 0 Å². The van der Waals surface area contributed by atoms with E-state index >= 15 is 0 Å². The second-order valence-electron chi connectivity index (χ2n) is 4.48. The van der Waals surface area contributed by atoms with E-state index in [0.29, 0.717) is 16.7 Å². The van der Waals surface area contributed by atoms with E-state index in [0.717, 1.165) is 0 Å². The van der Waals surface area contributed by atoms with Crippen molar-refractivity contribution in [2.45, 2.75) is 26.4 Å². The van der Waals surface area contributed by atoms with Crippen LogP contribution >= 0.6 is 0 Å². The largest absolute Gasteiger partial charge is 0.455 e. The quantitative estimate of drug-likeness (QED) is 0.744. The van der Waals surface area contributed by atoms with Crippen LogP contribution in [0.1, 0.15) is 31.3 Å². The second-order valence-corrected chi connectivity index (χ2v) is 4.48. The summed E-state index contributed by atoms with van der Waals surface area (Å²) in [6.45, 7) is 5.46. The van der Waals surface area contributed by atoms with E-state index in [-0.39, 0.29) is 0 Å². The average Bonchev–Trinajstić information content (AvgIpc) is 2.58. The highest BCUT2D eigenvalue weighted by Gasteiger charge is 2.21. The number of pyridine rings is 1. The minimum atomic E-state index is -0.517. The molecule has 0 atom stereocenters. The zero-order valence-electron chi connectivity index (χ0n) is 9.44. The molecule has 0 saturated carbocycles. The molecule has 0 unspecified atom stereocenters. The van der Waals surface area contributed by atoms with E-state index in [1.54, 1.807) is 18.3 Å². The van der Waals surface area contributed by atoms with Crippen molar-refractivity contribution < 1.29 is 9.53 Å². The summed E-state index contributed by atoms with van der Waals surface area (Å²) < 4.78 is 5.25. The molecule has 0 bridgehead atoms. The standard InChI is InChI=1S/C11H13N3O2/c1-11(2,3)16-10(15)8-7-5-4-6-12-9(7)14-13-8/h4-6H,1-3H3,(H,12,13,14). The maximum absolute atomic E-state index is 11.8. The SMILES string of the molecule is CC(C)(C)OC(=O)c1[nH]nc2ncccc12. The molecule has 5 heteroatoms. The number of carbonyl (C=O) groups is 1. The number of H-pyrrole nitrogens is 1. The Morgan fingerprint density at radius 3 is 2.88 bits per heavy atom. The maximum atomic E-state index is 11.8. The van der Waals surface area contributed by atoms with Crippen LogP contribution in [-0.4, -0.2) is 26.8 Å². The van der Waals surface area contributed by atoms with Gasteiger partial charge in [0.25, 0.3) is 0 Å². The first kappa shape index (κ1) is 10.6. The van der Waals surface area contributed by atoms with Gasteiger partial charge in [0.15, 0.2) is 11.3 Å². The number of nitrogens with zero attached hydrogens (tertiary/aromatic N) is 2. The molecule has 0 aliphatic carbocycles. The van der Waals surface area contributed by atoms with Crippen molar-refractivity contribution in [3.8, 4) is 0 Å². The molecule has 2 aromatic rings. The van der Waals surface area contributed by atoms with Crippen LogP contribution in [0.15, 0.2) is 18.3 Å². The Hall–Kier alpha value is -1.91. The molecule has 0 saturated heterocycles. The fourth-order valence-electron chi connectivity index (χ4n) is 1.34. The molecule has 0 aliphatic heterocycles. The van der Waals surface area contributed by atoms with Crippen LogP contribution in [0, 0.1) is 0 Å². The van der Waals surface area contributed by atoms with Crippen LogP contribution < -0.4 is 0 Å². The number of aromatic amines is 1. The number of hydrogen-bond donors (Lipinski definition) is 1. The van der Waals surface area contributed by atoms with Gasteiger partial charge >= 0.3 is 5.97 Å². The Morgan fingerprint density at radius 2 is 2.19 bits per heavy atom. The Balaban J connectivity index is 2.37. The van der Waals surface area contributed by atoms with E-state index in [1.807, 2.05) is 20.8 Å². The van der Waals surface area contributed by atoms with Gasteiger partial charge in [0.1, 0.15) is 5.60 Å². The molecular formula is C11H13N3O2. The second kappa shape index (κ2) is 3.59. The van der Waals surface area contributed by atoms with Crippen LogP contribution in [0.4, 0.5) is 0 Å². The van der Waals surface area contributed by atoms with Gasteiger partial charge in [0.2, 0.25) is 0 Å². The molecule has 16 heavy (non-hydrogen) atoms. The Kier molecular flexibility index (Phi) is 2.38. The van der Waals surface area contributed by atoms with Crippen molar-refractivity contribution in [2.24, 2.45) is 0 Å². The first-order valence-corrected chi connectivity index (χ1v) is 5.00. The number of rotatable bonds is 1. The number of ether oxygens (including phenoxy) is 1. The molecule has 84 valence electrons. The normalized spacial score (nSPS) is 11.7. The lowest BCUT2D eigenvalue weighted by molar-refractivity contribution is 0.00651. The first-order chi connectivity index (χ1) is 7.47. The summed E-state index contributed by atoms with van der Waals surface area (Å²) in [6, 6.07) is 3.54. The number of aromatic nitrogens is 3. The molecule has 0 amide bonds. The minimum absolute atomic E-state index is 0.345. The van der Waals surface area contributed by atoms with Gasteiger partial charge in [-0.1, -0.05) is 0 Å². The van der Waals surface area contributed by atoms with Gasteiger partial charge in [0, 0.05) is 6.20 Å². The Bertz CT molecular complexity index is 525. The third kappa shape index (κ3) is 2.03. The minimum Gasteiger partial charge on any atom is -0.455 e. The van der Waals surface area contributed by atoms with Crippen LogP contribution in [0.5, 0.6) is 0 Å². The van der Waals surface area contributed by atoms with Gasteiger partial charge in [-0.05, 0) is 32.9 Å². The molecular weight excluding hydrogens is 206 g/mol. The molecule has 0 aliphatic rings. The van der Waals surface area contributed by atoms with Crippen LogP contribution in [0.25, 0.3) is 11.0 Å². The number of nitrogens with one attached hydrogen (secondary N) is 1. The molecule has 0 radical (unpaired) electrons. The highest BCUT2D eigenvalue weighted by atomic mass is 16.6. The van der Waals surface area contributed by atoms with Crippen LogP contribution in [0.3, 0.4) is 0 Å². The van der Waals surface area contributed by atoms with Gasteiger partial charge in [-0.25, -0.2) is 9.78 Å².